The van der Waals surface area contributed by atoms with E-state index < -0.39 is 0 Å². The zero-order valence-corrected chi connectivity index (χ0v) is 11.5. The Bertz CT molecular complexity index is 401. The van der Waals surface area contributed by atoms with E-state index in [1.54, 1.807) is 0 Å². The molecule has 0 aromatic heterocycles. The van der Waals surface area contributed by atoms with Crippen molar-refractivity contribution in [2.75, 3.05) is 6.61 Å². The summed E-state index contributed by atoms with van der Waals surface area (Å²) in [6, 6.07) is 6.39. The summed E-state index contributed by atoms with van der Waals surface area (Å²) in [4.78, 5) is 11.2. The van der Waals surface area contributed by atoms with E-state index in [0.717, 1.165) is 6.42 Å². The molecule has 0 aliphatic carbocycles. The second-order valence-corrected chi connectivity index (χ2v) is 4.74. The minimum atomic E-state index is -0.159. The highest BCUT2D eigenvalue weighted by molar-refractivity contribution is 5.69. The molecule has 1 aromatic rings. The second kappa shape index (κ2) is 7.17. The third-order valence-corrected chi connectivity index (χ3v) is 3.00. The number of benzene rings is 1. The Balaban J connectivity index is 2.44. The van der Waals surface area contributed by atoms with Gasteiger partial charge in [0.1, 0.15) is 0 Å². The van der Waals surface area contributed by atoms with Crippen LogP contribution in [0.25, 0.3) is 0 Å². The van der Waals surface area contributed by atoms with Crippen molar-refractivity contribution in [3.05, 3.63) is 34.9 Å². The van der Waals surface area contributed by atoms with E-state index in [1.165, 1.54) is 16.7 Å². The molecule has 0 amide bonds. The van der Waals surface area contributed by atoms with Gasteiger partial charge in [0.15, 0.2) is 0 Å². The Hall–Kier alpha value is -1.35. The minimum Gasteiger partial charge on any atom is -0.466 e. The first-order valence-electron chi connectivity index (χ1n) is 6.50. The SMILES string of the molecule is CCOC(=O)CCC(N)Cc1ccc(C)cc1C. The summed E-state index contributed by atoms with van der Waals surface area (Å²) in [6.45, 7) is 6.43. The number of hydrogen-bond acceptors (Lipinski definition) is 3. The van der Waals surface area contributed by atoms with Gasteiger partial charge in [0.2, 0.25) is 0 Å². The van der Waals surface area contributed by atoms with Gasteiger partial charge in [-0.05, 0) is 44.7 Å². The maximum Gasteiger partial charge on any atom is 0.305 e. The summed E-state index contributed by atoms with van der Waals surface area (Å²) in [5, 5.41) is 0. The number of carbonyl (C=O) groups is 1. The number of aryl methyl sites for hydroxylation is 2. The molecule has 1 unspecified atom stereocenters. The first-order chi connectivity index (χ1) is 8.52. The molecule has 0 saturated heterocycles. The number of ether oxygens (including phenoxy) is 1. The molecular weight excluding hydrogens is 226 g/mol. The van der Waals surface area contributed by atoms with E-state index in [4.69, 9.17) is 10.5 Å². The number of esters is 1. The van der Waals surface area contributed by atoms with Crippen LogP contribution in [0.1, 0.15) is 36.5 Å². The fourth-order valence-corrected chi connectivity index (χ4v) is 2.00. The fourth-order valence-electron chi connectivity index (χ4n) is 2.00. The maximum atomic E-state index is 11.2. The molecule has 0 radical (unpaired) electrons. The molecule has 0 bridgehead atoms. The van der Waals surface area contributed by atoms with Crippen molar-refractivity contribution in [1.82, 2.24) is 0 Å². The first-order valence-corrected chi connectivity index (χ1v) is 6.50. The van der Waals surface area contributed by atoms with Crippen molar-refractivity contribution in [1.29, 1.82) is 0 Å². The lowest BCUT2D eigenvalue weighted by molar-refractivity contribution is -0.143. The summed E-state index contributed by atoms with van der Waals surface area (Å²) < 4.78 is 4.89. The van der Waals surface area contributed by atoms with Gasteiger partial charge in [0, 0.05) is 12.5 Å². The highest BCUT2D eigenvalue weighted by atomic mass is 16.5. The molecular formula is C15H23NO2. The second-order valence-electron chi connectivity index (χ2n) is 4.74. The van der Waals surface area contributed by atoms with Crippen molar-refractivity contribution in [3.8, 4) is 0 Å². The molecule has 0 spiro atoms. The summed E-state index contributed by atoms with van der Waals surface area (Å²) in [6.07, 6.45) is 1.89. The van der Waals surface area contributed by atoms with Crippen LogP contribution in [0.5, 0.6) is 0 Å². The van der Waals surface area contributed by atoms with Crippen LogP contribution in [0.15, 0.2) is 18.2 Å². The van der Waals surface area contributed by atoms with E-state index in [0.29, 0.717) is 19.4 Å². The largest absolute Gasteiger partial charge is 0.466 e. The molecule has 1 rings (SSSR count). The molecule has 1 atom stereocenters. The van der Waals surface area contributed by atoms with Crippen molar-refractivity contribution in [2.45, 2.75) is 46.1 Å². The Morgan fingerprint density at radius 2 is 2.11 bits per heavy atom. The summed E-state index contributed by atoms with van der Waals surface area (Å²) >= 11 is 0. The molecule has 0 aliphatic rings. The fraction of sp³-hybridized carbons (Fsp3) is 0.533. The zero-order chi connectivity index (χ0) is 13.5. The Kier molecular flexibility index (Phi) is 5.86. The lowest BCUT2D eigenvalue weighted by Gasteiger charge is -2.13. The van der Waals surface area contributed by atoms with E-state index >= 15 is 0 Å². The monoisotopic (exact) mass is 249 g/mol. The molecule has 0 heterocycles. The van der Waals surface area contributed by atoms with Crippen LogP contribution in [0, 0.1) is 13.8 Å². The molecule has 100 valence electrons. The molecule has 3 heteroatoms. The standard InChI is InChI=1S/C15H23NO2/c1-4-18-15(17)8-7-14(16)10-13-6-5-11(2)9-12(13)3/h5-6,9,14H,4,7-8,10,16H2,1-3H3. The molecule has 2 N–H and O–H groups in total. The summed E-state index contributed by atoms with van der Waals surface area (Å²) in [7, 11) is 0. The highest BCUT2D eigenvalue weighted by Crippen LogP contribution is 2.13. The average Bonchev–Trinajstić information content (AvgIpc) is 2.31. The zero-order valence-electron chi connectivity index (χ0n) is 11.5. The normalized spacial score (nSPS) is 12.2. The van der Waals surface area contributed by atoms with Gasteiger partial charge in [-0.25, -0.2) is 0 Å². The Morgan fingerprint density at radius 1 is 1.39 bits per heavy atom. The minimum absolute atomic E-state index is 0.0100. The number of nitrogens with two attached hydrogens (primary N) is 1. The summed E-state index contributed by atoms with van der Waals surface area (Å²) in [5.41, 5.74) is 9.84. The predicted molar refractivity (Wildman–Crippen MR) is 73.5 cm³/mol. The molecule has 0 fully saturated rings. The third-order valence-electron chi connectivity index (χ3n) is 3.00. The molecule has 18 heavy (non-hydrogen) atoms. The quantitative estimate of drug-likeness (QED) is 0.788. The van der Waals surface area contributed by atoms with Crippen LogP contribution >= 0.6 is 0 Å². The van der Waals surface area contributed by atoms with Crippen LogP contribution in [0.2, 0.25) is 0 Å². The van der Waals surface area contributed by atoms with Crippen LogP contribution in [-0.2, 0) is 16.0 Å². The van der Waals surface area contributed by atoms with Crippen molar-refractivity contribution >= 4 is 5.97 Å². The van der Waals surface area contributed by atoms with Crippen LogP contribution in [0.4, 0.5) is 0 Å². The number of rotatable bonds is 6. The smallest absolute Gasteiger partial charge is 0.305 e. The van der Waals surface area contributed by atoms with E-state index in [1.807, 2.05) is 6.92 Å². The molecule has 3 nitrogen and oxygen atoms in total. The van der Waals surface area contributed by atoms with E-state index in [9.17, 15) is 4.79 Å². The van der Waals surface area contributed by atoms with Crippen LogP contribution in [-0.4, -0.2) is 18.6 Å². The van der Waals surface area contributed by atoms with Crippen molar-refractivity contribution < 1.29 is 9.53 Å². The summed E-state index contributed by atoms with van der Waals surface area (Å²) in [5.74, 6) is -0.159. The van der Waals surface area contributed by atoms with Gasteiger partial charge in [-0.3, -0.25) is 4.79 Å². The average molecular weight is 249 g/mol. The molecule has 0 aliphatic heterocycles. The van der Waals surface area contributed by atoms with Gasteiger partial charge in [0.25, 0.3) is 0 Å². The molecule has 0 saturated carbocycles. The number of carbonyl (C=O) groups excluding carboxylic acids is 1. The molecule has 1 aromatic carbocycles. The van der Waals surface area contributed by atoms with E-state index in [2.05, 4.69) is 32.0 Å². The van der Waals surface area contributed by atoms with E-state index in [-0.39, 0.29) is 12.0 Å². The van der Waals surface area contributed by atoms with Gasteiger partial charge in [-0.1, -0.05) is 23.8 Å². The predicted octanol–water partition coefficient (Wildman–Crippen LogP) is 2.52. The van der Waals surface area contributed by atoms with Gasteiger partial charge >= 0.3 is 5.97 Å². The van der Waals surface area contributed by atoms with Crippen molar-refractivity contribution in [3.63, 3.8) is 0 Å². The van der Waals surface area contributed by atoms with Gasteiger partial charge in [0.05, 0.1) is 6.61 Å². The van der Waals surface area contributed by atoms with Gasteiger partial charge in [-0.2, -0.15) is 0 Å². The lowest BCUT2D eigenvalue weighted by atomic mass is 9.97. The van der Waals surface area contributed by atoms with Gasteiger partial charge < -0.3 is 10.5 Å². The Labute approximate surface area is 109 Å². The first kappa shape index (κ1) is 14.7. The van der Waals surface area contributed by atoms with Crippen molar-refractivity contribution in [2.24, 2.45) is 5.73 Å². The van der Waals surface area contributed by atoms with Gasteiger partial charge in [-0.15, -0.1) is 0 Å². The lowest BCUT2D eigenvalue weighted by Crippen LogP contribution is -2.24. The Morgan fingerprint density at radius 3 is 2.72 bits per heavy atom. The third kappa shape index (κ3) is 4.88. The van der Waals surface area contributed by atoms with Crippen LogP contribution < -0.4 is 5.73 Å². The topological polar surface area (TPSA) is 52.3 Å². The van der Waals surface area contributed by atoms with Crippen LogP contribution in [0.3, 0.4) is 0 Å². The number of hydrogen-bond donors (Lipinski definition) is 1. The highest BCUT2D eigenvalue weighted by Gasteiger charge is 2.09. The maximum absolute atomic E-state index is 11.2.